The number of amides is 2. The zero-order valence-corrected chi connectivity index (χ0v) is 11.6. The molecule has 0 aliphatic rings. The Morgan fingerprint density at radius 1 is 1.32 bits per heavy atom. The summed E-state index contributed by atoms with van der Waals surface area (Å²) >= 11 is 0. The van der Waals surface area contributed by atoms with Crippen LogP contribution >= 0.6 is 0 Å². The number of hydrogen-bond acceptors (Lipinski definition) is 3. The lowest BCUT2D eigenvalue weighted by Gasteiger charge is -2.29. The number of hydrogen-bond donors (Lipinski definition) is 3. The minimum atomic E-state index is -1.19. The summed E-state index contributed by atoms with van der Waals surface area (Å²) in [6.45, 7) is 3.95. The lowest BCUT2D eigenvalue weighted by molar-refractivity contribution is -0.133. The van der Waals surface area contributed by atoms with Gasteiger partial charge in [-0.1, -0.05) is 37.3 Å². The van der Waals surface area contributed by atoms with Crippen molar-refractivity contribution in [2.75, 3.05) is 13.6 Å². The molecule has 0 saturated carbocycles. The van der Waals surface area contributed by atoms with E-state index in [1.54, 1.807) is 45.2 Å². The Morgan fingerprint density at radius 2 is 1.89 bits per heavy atom. The molecule has 4 N–H and O–H groups in total. The van der Waals surface area contributed by atoms with Crippen LogP contribution in [0.15, 0.2) is 30.3 Å². The fraction of sp³-hybridized carbons (Fsp3) is 0.429. The van der Waals surface area contributed by atoms with Gasteiger partial charge < -0.3 is 16.4 Å². The monoisotopic (exact) mass is 263 g/mol. The van der Waals surface area contributed by atoms with E-state index in [0.29, 0.717) is 12.1 Å². The Bertz CT molecular complexity index is 447. The van der Waals surface area contributed by atoms with Gasteiger partial charge in [-0.05, 0) is 19.5 Å². The first-order valence-electron chi connectivity index (χ1n) is 6.24. The van der Waals surface area contributed by atoms with Gasteiger partial charge in [0.05, 0.1) is 0 Å². The molecule has 0 radical (unpaired) electrons. The van der Waals surface area contributed by atoms with Crippen molar-refractivity contribution in [3.05, 3.63) is 35.9 Å². The van der Waals surface area contributed by atoms with Crippen LogP contribution < -0.4 is 16.4 Å². The van der Waals surface area contributed by atoms with Gasteiger partial charge in [-0.2, -0.15) is 0 Å². The van der Waals surface area contributed by atoms with Crippen molar-refractivity contribution >= 4 is 11.8 Å². The number of carbonyl (C=O) groups is 2. The van der Waals surface area contributed by atoms with Crippen LogP contribution in [0.3, 0.4) is 0 Å². The number of nitrogens with one attached hydrogen (secondary N) is 2. The smallest absolute Gasteiger partial charge is 0.247 e. The third-order valence-corrected chi connectivity index (χ3v) is 3.18. The van der Waals surface area contributed by atoms with E-state index in [4.69, 9.17) is 5.73 Å². The van der Waals surface area contributed by atoms with Gasteiger partial charge in [0.15, 0.2) is 0 Å². The second-order valence-electron chi connectivity index (χ2n) is 4.80. The van der Waals surface area contributed by atoms with E-state index in [-0.39, 0.29) is 11.8 Å². The molecule has 2 amide bonds. The molecule has 0 saturated heterocycles. The summed E-state index contributed by atoms with van der Waals surface area (Å²) in [7, 11) is 1.77. The fourth-order valence-corrected chi connectivity index (χ4v) is 1.82. The molecule has 2 atom stereocenters. The Hall–Kier alpha value is -1.88. The molecule has 0 heterocycles. The van der Waals surface area contributed by atoms with E-state index in [9.17, 15) is 9.59 Å². The number of rotatable bonds is 6. The SMILES string of the molecule is CNCC(C)C(=O)NC(C)(C(N)=O)c1ccccc1. The minimum absolute atomic E-state index is 0.209. The van der Waals surface area contributed by atoms with Crippen molar-refractivity contribution in [1.82, 2.24) is 10.6 Å². The molecule has 104 valence electrons. The van der Waals surface area contributed by atoms with Crippen LogP contribution in [0.5, 0.6) is 0 Å². The number of primary amides is 1. The average Bonchev–Trinajstić information content (AvgIpc) is 2.39. The third kappa shape index (κ3) is 3.54. The third-order valence-electron chi connectivity index (χ3n) is 3.18. The van der Waals surface area contributed by atoms with Crippen LogP contribution in [0.25, 0.3) is 0 Å². The first kappa shape index (κ1) is 15.2. The van der Waals surface area contributed by atoms with Crippen molar-refractivity contribution in [3.63, 3.8) is 0 Å². The quantitative estimate of drug-likeness (QED) is 0.693. The highest BCUT2D eigenvalue weighted by Crippen LogP contribution is 2.20. The first-order valence-corrected chi connectivity index (χ1v) is 6.24. The molecule has 0 aromatic heterocycles. The van der Waals surface area contributed by atoms with E-state index in [1.807, 2.05) is 6.07 Å². The second-order valence-corrected chi connectivity index (χ2v) is 4.80. The van der Waals surface area contributed by atoms with Crippen LogP contribution in [0.2, 0.25) is 0 Å². The van der Waals surface area contributed by atoms with Crippen molar-refractivity contribution < 1.29 is 9.59 Å². The lowest BCUT2D eigenvalue weighted by atomic mass is 9.90. The maximum Gasteiger partial charge on any atom is 0.247 e. The van der Waals surface area contributed by atoms with Crippen LogP contribution in [-0.4, -0.2) is 25.4 Å². The number of benzene rings is 1. The van der Waals surface area contributed by atoms with Crippen molar-refractivity contribution in [2.24, 2.45) is 11.7 Å². The van der Waals surface area contributed by atoms with E-state index in [2.05, 4.69) is 10.6 Å². The molecular weight excluding hydrogens is 242 g/mol. The molecule has 0 spiro atoms. The van der Waals surface area contributed by atoms with Gasteiger partial charge in [-0.3, -0.25) is 9.59 Å². The highest BCUT2D eigenvalue weighted by atomic mass is 16.2. The van der Waals surface area contributed by atoms with Gasteiger partial charge in [0, 0.05) is 12.5 Å². The molecule has 0 aliphatic heterocycles. The molecule has 1 aromatic rings. The molecule has 0 bridgehead atoms. The van der Waals surface area contributed by atoms with Crippen LogP contribution in [0, 0.1) is 5.92 Å². The van der Waals surface area contributed by atoms with Crippen molar-refractivity contribution in [3.8, 4) is 0 Å². The molecule has 5 heteroatoms. The van der Waals surface area contributed by atoms with E-state index >= 15 is 0 Å². The van der Waals surface area contributed by atoms with Crippen molar-refractivity contribution in [1.29, 1.82) is 0 Å². The summed E-state index contributed by atoms with van der Waals surface area (Å²) in [6.07, 6.45) is 0. The maximum atomic E-state index is 12.1. The normalized spacial score (nSPS) is 15.3. The summed E-state index contributed by atoms with van der Waals surface area (Å²) in [6, 6.07) is 9.00. The summed E-state index contributed by atoms with van der Waals surface area (Å²) < 4.78 is 0. The number of nitrogens with two attached hydrogens (primary N) is 1. The molecule has 1 rings (SSSR count). The van der Waals surface area contributed by atoms with Crippen LogP contribution in [0.4, 0.5) is 0 Å². The van der Waals surface area contributed by atoms with Gasteiger partial charge in [0.1, 0.15) is 5.54 Å². The molecule has 2 unspecified atom stereocenters. The van der Waals surface area contributed by atoms with Crippen LogP contribution in [-0.2, 0) is 15.1 Å². The summed E-state index contributed by atoms with van der Waals surface area (Å²) in [5.74, 6) is -1.03. The lowest BCUT2D eigenvalue weighted by Crippen LogP contribution is -2.54. The largest absolute Gasteiger partial charge is 0.367 e. The first-order chi connectivity index (χ1) is 8.91. The predicted molar refractivity (Wildman–Crippen MR) is 74.2 cm³/mol. The second kappa shape index (κ2) is 6.33. The van der Waals surface area contributed by atoms with Crippen LogP contribution in [0.1, 0.15) is 19.4 Å². The molecule has 1 aromatic carbocycles. The molecule has 5 nitrogen and oxygen atoms in total. The van der Waals surface area contributed by atoms with Gasteiger partial charge in [-0.25, -0.2) is 0 Å². The molecule has 0 aliphatic carbocycles. The highest BCUT2D eigenvalue weighted by molar-refractivity contribution is 5.91. The van der Waals surface area contributed by atoms with Gasteiger partial charge in [-0.15, -0.1) is 0 Å². The summed E-state index contributed by atoms with van der Waals surface area (Å²) in [5.41, 5.74) is 4.94. The van der Waals surface area contributed by atoms with Crippen molar-refractivity contribution in [2.45, 2.75) is 19.4 Å². The average molecular weight is 263 g/mol. The zero-order valence-electron chi connectivity index (χ0n) is 11.6. The Morgan fingerprint density at radius 3 is 2.37 bits per heavy atom. The van der Waals surface area contributed by atoms with Gasteiger partial charge >= 0.3 is 0 Å². The zero-order chi connectivity index (χ0) is 14.5. The van der Waals surface area contributed by atoms with E-state index < -0.39 is 11.4 Å². The summed E-state index contributed by atoms with van der Waals surface area (Å²) in [4.78, 5) is 23.8. The Balaban J connectivity index is 2.96. The highest BCUT2D eigenvalue weighted by Gasteiger charge is 2.35. The Labute approximate surface area is 113 Å². The van der Waals surface area contributed by atoms with E-state index in [0.717, 1.165) is 0 Å². The maximum absolute atomic E-state index is 12.1. The predicted octanol–water partition coefficient (Wildman–Crippen LogP) is 0.359. The van der Waals surface area contributed by atoms with Gasteiger partial charge in [0.25, 0.3) is 0 Å². The molecule has 19 heavy (non-hydrogen) atoms. The standard InChI is InChI=1S/C14H21N3O2/c1-10(9-16-3)12(18)17-14(2,13(15)19)11-7-5-4-6-8-11/h4-8,10,16H,9H2,1-3H3,(H2,15,19)(H,17,18). The molecular formula is C14H21N3O2. The molecule has 0 fully saturated rings. The van der Waals surface area contributed by atoms with E-state index in [1.165, 1.54) is 0 Å². The number of carbonyl (C=O) groups excluding carboxylic acids is 2. The minimum Gasteiger partial charge on any atom is -0.367 e. The topological polar surface area (TPSA) is 84.2 Å². The summed E-state index contributed by atoms with van der Waals surface area (Å²) in [5, 5.41) is 5.67. The Kier molecular flexibility index (Phi) is 5.06. The fourth-order valence-electron chi connectivity index (χ4n) is 1.82. The van der Waals surface area contributed by atoms with Gasteiger partial charge in [0.2, 0.25) is 11.8 Å².